The Balaban J connectivity index is 1.96. The van der Waals surface area contributed by atoms with Crippen LogP contribution in [0.15, 0.2) is 6.07 Å². The molecule has 1 aromatic heterocycles. The highest BCUT2D eigenvalue weighted by molar-refractivity contribution is 5.93. The molecule has 2 heterocycles. The van der Waals surface area contributed by atoms with Gasteiger partial charge in [0.2, 0.25) is 5.88 Å². The molecule has 0 saturated heterocycles. The fourth-order valence-corrected chi connectivity index (χ4v) is 1.53. The largest absolute Gasteiger partial charge is 0.478 e. The predicted molar refractivity (Wildman–Crippen MR) is 57.6 cm³/mol. The molecule has 0 aliphatic carbocycles. The van der Waals surface area contributed by atoms with Crippen LogP contribution in [-0.4, -0.2) is 22.3 Å². The van der Waals surface area contributed by atoms with Gasteiger partial charge in [-0.3, -0.25) is 4.79 Å². The first-order chi connectivity index (χ1) is 7.79. The van der Waals surface area contributed by atoms with Gasteiger partial charge in [0.1, 0.15) is 0 Å². The van der Waals surface area contributed by atoms with Gasteiger partial charge in [0.15, 0.2) is 0 Å². The van der Waals surface area contributed by atoms with Gasteiger partial charge in [0.05, 0.1) is 18.8 Å². The van der Waals surface area contributed by atoms with Crippen molar-refractivity contribution in [3.63, 3.8) is 0 Å². The van der Waals surface area contributed by atoms with Gasteiger partial charge in [-0.05, 0) is 12.8 Å². The second-order valence-corrected chi connectivity index (χ2v) is 3.46. The van der Waals surface area contributed by atoms with E-state index in [1.165, 1.54) is 0 Å². The lowest BCUT2D eigenvalue weighted by atomic mass is 10.4. The summed E-state index contributed by atoms with van der Waals surface area (Å²) in [6.45, 7) is 3.62. The molecule has 0 atom stereocenters. The molecule has 5 nitrogen and oxygen atoms in total. The molecule has 1 amide bonds. The molecule has 84 valence electrons. The quantitative estimate of drug-likeness (QED) is 0.728. The third kappa shape index (κ3) is 2.34. The lowest BCUT2D eigenvalue weighted by Gasteiger charge is -2.13. The SMILES string of the molecule is CC#CC(=O)NCc1cc2n(n1)CCCO2. The zero-order valence-corrected chi connectivity index (χ0v) is 9.12. The van der Waals surface area contributed by atoms with Gasteiger partial charge in [-0.25, -0.2) is 4.68 Å². The molecule has 1 aliphatic heterocycles. The second kappa shape index (κ2) is 4.71. The summed E-state index contributed by atoms with van der Waals surface area (Å²) in [6.07, 6.45) is 0.974. The molecular formula is C11H13N3O2. The molecule has 0 aromatic carbocycles. The van der Waals surface area contributed by atoms with Crippen LogP contribution in [0.1, 0.15) is 19.0 Å². The molecular weight excluding hydrogens is 206 g/mol. The van der Waals surface area contributed by atoms with E-state index in [1.807, 2.05) is 10.7 Å². The molecule has 1 aliphatic rings. The Morgan fingerprint density at radius 1 is 1.75 bits per heavy atom. The Morgan fingerprint density at radius 3 is 3.38 bits per heavy atom. The molecule has 1 aromatic rings. The number of fused-ring (bicyclic) bond motifs is 1. The Hall–Kier alpha value is -1.96. The standard InChI is InChI=1S/C11H13N3O2/c1-2-4-10(15)12-8-9-7-11-14(13-9)5-3-6-16-11/h7H,3,5-6,8H2,1H3,(H,12,15). The third-order valence-corrected chi connectivity index (χ3v) is 2.23. The molecule has 0 bridgehead atoms. The van der Waals surface area contributed by atoms with Crippen molar-refractivity contribution in [2.24, 2.45) is 0 Å². The van der Waals surface area contributed by atoms with Crippen molar-refractivity contribution in [2.75, 3.05) is 6.61 Å². The number of carbonyl (C=O) groups excluding carboxylic acids is 1. The van der Waals surface area contributed by atoms with Gasteiger partial charge in [-0.15, -0.1) is 0 Å². The number of amides is 1. The number of ether oxygens (including phenoxy) is 1. The van der Waals surface area contributed by atoms with Crippen molar-refractivity contribution in [1.29, 1.82) is 0 Å². The van der Waals surface area contributed by atoms with Gasteiger partial charge in [0.25, 0.3) is 5.91 Å². The van der Waals surface area contributed by atoms with Crippen molar-refractivity contribution in [1.82, 2.24) is 15.1 Å². The molecule has 5 heteroatoms. The van der Waals surface area contributed by atoms with Gasteiger partial charge in [0, 0.05) is 19.0 Å². The lowest BCUT2D eigenvalue weighted by Crippen LogP contribution is -2.21. The first-order valence-electron chi connectivity index (χ1n) is 5.19. The summed E-state index contributed by atoms with van der Waals surface area (Å²) in [4.78, 5) is 11.1. The van der Waals surface area contributed by atoms with E-state index < -0.39 is 0 Å². The number of hydrogen-bond acceptors (Lipinski definition) is 3. The Bertz CT molecular complexity index is 430. The maximum Gasteiger partial charge on any atom is 0.296 e. The molecule has 0 radical (unpaired) electrons. The third-order valence-electron chi connectivity index (χ3n) is 2.23. The van der Waals surface area contributed by atoms with Crippen LogP contribution in [-0.2, 0) is 17.9 Å². The number of aromatic nitrogens is 2. The van der Waals surface area contributed by atoms with E-state index in [4.69, 9.17) is 4.74 Å². The normalized spacial score (nSPS) is 13.1. The van der Waals surface area contributed by atoms with Crippen LogP contribution in [0.4, 0.5) is 0 Å². The fraction of sp³-hybridized carbons (Fsp3) is 0.455. The van der Waals surface area contributed by atoms with Gasteiger partial charge in [-0.1, -0.05) is 5.92 Å². The number of hydrogen-bond donors (Lipinski definition) is 1. The maximum absolute atomic E-state index is 11.1. The molecule has 16 heavy (non-hydrogen) atoms. The van der Waals surface area contributed by atoms with Crippen LogP contribution in [0.5, 0.6) is 5.88 Å². The summed E-state index contributed by atoms with van der Waals surface area (Å²) >= 11 is 0. The highest BCUT2D eigenvalue weighted by atomic mass is 16.5. The number of carbonyl (C=O) groups is 1. The van der Waals surface area contributed by atoms with E-state index in [-0.39, 0.29) is 5.91 Å². The number of nitrogens with zero attached hydrogens (tertiary/aromatic N) is 2. The average Bonchev–Trinajstić information content (AvgIpc) is 2.69. The van der Waals surface area contributed by atoms with Crippen LogP contribution in [0, 0.1) is 11.8 Å². The summed E-state index contributed by atoms with van der Waals surface area (Å²) in [7, 11) is 0. The second-order valence-electron chi connectivity index (χ2n) is 3.46. The molecule has 0 spiro atoms. The molecule has 0 unspecified atom stereocenters. The van der Waals surface area contributed by atoms with Crippen molar-refractivity contribution in [3.8, 4) is 17.7 Å². The Labute approximate surface area is 93.8 Å². The summed E-state index contributed by atoms with van der Waals surface area (Å²) in [6, 6.07) is 1.85. The number of rotatable bonds is 2. The fourth-order valence-electron chi connectivity index (χ4n) is 1.53. The first-order valence-corrected chi connectivity index (χ1v) is 5.19. The summed E-state index contributed by atoms with van der Waals surface area (Å²) < 4.78 is 7.23. The zero-order chi connectivity index (χ0) is 11.4. The van der Waals surface area contributed by atoms with Crippen molar-refractivity contribution >= 4 is 5.91 Å². The molecule has 1 N–H and O–H groups in total. The summed E-state index contributed by atoms with van der Waals surface area (Å²) in [5, 5.41) is 6.98. The van der Waals surface area contributed by atoms with E-state index >= 15 is 0 Å². The van der Waals surface area contributed by atoms with E-state index in [9.17, 15) is 4.79 Å². The molecule has 0 fully saturated rings. The summed E-state index contributed by atoms with van der Waals surface area (Å²) in [5.74, 6) is 5.44. The van der Waals surface area contributed by atoms with E-state index in [0.29, 0.717) is 6.54 Å². The predicted octanol–water partition coefficient (Wildman–Crippen LogP) is 0.305. The minimum atomic E-state index is -0.283. The van der Waals surface area contributed by atoms with Crippen LogP contribution < -0.4 is 10.1 Å². The van der Waals surface area contributed by atoms with Crippen molar-refractivity contribution in [2.45, 2.75) is 26.4 Å². The zero-order valence-electron chi connectivity index (χ0n) is 9.12. The van der Waals surface area contributed by atoms with Crippen molar-refractivity contribution < 1.29 is 9.53 Å². The number of aryl methyl sites for hydroxylation is 1. The Morgan fingerprint density at radius 2 is 2.62 bits per heavy atom. The minimum absolute atomic E-state index is 0.283. The van der Waals surface area contributed by atoms with E-state index in [1.54, 1.807) is 6.92 Å². The van der Waals surface area contributed by atoms with E-state index in [2.05, 4.69) is 22.3 Å². The topological polar surface area (TPSA) is 56.2 Å². The first kappa shape index (κ1) is 10.6. The summed E-state index contributed by atoms with van der Waals surface area (Å²) in [5.41, 5.74) is 0.795. The average molecular weight is 219 g/mol. The lowest BCUT2D eigenvalue weighted by molar-refractivity contribution is -0.115. The minimum Gasteiger partial charge on any atom is -0.478 e. The van der Waals surface area contributed by atoms with Crippen LogP contribution >= 0.6 is 0 Å². The highest BCUT2D eigenvalue weighted by Gasteiger charge is 2.13. The van der Waals surface area contributed by atoms with Gasteiger partial charge >= 0.3 is 0 Å². The Kier molecular flexibility index (Phi) is 3.10. The van der Waals surface area contributed by atoms with Crippen LogP contribution in [0.25, 0.3) is 0 Å². The monoisotopic (exact) mass is 219 g/mol. The molecule has 0 saturated carbocycles. The van der Waals surface area contributed by atoms with Crippen LogP contribution in [0.2, 0.25) is 0 Å². The van der Waals surface area contributed by atoms with Crippen LogP contribution in [0.3, 0.4) is 0 Å². The molecule has 2 rings (SSSR count). The smallest absolute Gasteiger partial charge is 0.296 e. The maximum atomic E-state index is 11.1. The number of nitrogens with one attached hydrogen (secondary N) is 1. The highest BCUT2D eigenvalue weighted by Crippen LogP contribution is 2.17. The van der Waals surface area contributed by atoms with Gasteiger partial charge in [-0.2, -0.15) is 5.10 Å². The van der Waals surface area contributed by atoms with Gasteiger partial charge < -0.3 is 10.1 Å². The van der Waals surface area contributed by atoms with E-state index in [0.717, 1.165) is 31.1 Å². The van der Waals surface area contributed by atoms with Crippen molar-refractivity contribution in [3.05, 3.63) is 11.8 Å².